The van der Waals surface area contributed by atoms with Crippen molar-refractivity contribution in [2.24, 2.45) is 0 Å². The maximum Gasteiger partial charge on any atom is 0.416 e. The van der Waals surface area contributed by atoms with Crippen LogP contribution in [0.1, 0.15) is 12.0 Å². The van der Waals surface area contributed by atoms with Gasteiger partial charge in [0, 0.05) is 30.9 Å². The van der Waals surface area contributed by atoms with E-state index in [-0.39, 0.29) is 46.6 Å². The van der Waals surface area contributed by atoms with Gasteiger partial charge in [0.05, 0.1) is 34.6 Å². The summed E-state index contributed by atoms with van der Waals surface area (Å²) in [7, 11) is 0. The smallest absolute Gasteiger partial charge is 0.416 e. The monoisotopic (exact) mass is 550 g/mol. The van der Waals surface area contributed by atoms with Crippen molar-refractivity contribution in [3.05, 3.63) is 53.2 Å². The number of aliphatic hydroxyl groups is 2. The van der Waals surface area contributed by atoms with E-state index in [1.54, 1.807) is 6.07 Å². The van der Waals surface area contributed by atoms with Gasteiger partial charge in [0.1, 0.15) is 12.7 Å². The molecule has 0 aliphatic carbocycles. The molecule has 14 heteroatoms. The van der Waals surface area contributed by atoms with Crippen LogP contribution in [-0.4, -0.2) is 69.6 Å². The summed E-state index contributed by atoms with van der Waals surface area (Å²) in [5, 5.41) is 21.2. The number of carbonyl (C=O) groups excluding carboxylic acids is 1. The second-order valence-corrected chi connectivity index (χ2v) is 9.20. The molecule has 3 aromatic rings. The van der Waals surface area contributed by atoms with Crippen molar-refractivity contribution in [3.63, 3.8) is 0 Å². The predicted molar refractivity (Wildman–Crippen MR) is 132 cm³/mol. The van der Waals surface area contributed by atoms with Gasteiger partial charge in [0.2, 0.25) is 11.8 Å². The Balaban J connectivity index is 1.46. The molecule has 2 aromatic heterocycles. The number of urea groups is 1. The molecule has 2 aliphatic rings. The van der Waals surface area contributed by atoms with E-state index < -0.39 is 30.5 Å². The van der Waals surface area contributed by atoms with Gasteiger partial charge in [-0.1, -0.05) is 23.7 Å². The van der Waals surface area contributed by atoms with Gasteiger partial charge in [-0.3, -0.25) is 10.2 Å². The third-order valence-electron chi connectivity index (χ3n) is 6.20. The van der Waals surface area contributed by atoms with Crippen molar-refractivity contribution >= 4 is 35.1 Å². The molecule has 0 radical (unpaired) electrons. The standard InChI is InChI=1S/C24H22ClF3N6O4/c25-17-9-18-21(31-20(17)13-2-1-3-14(8-13)24(26,27)28)34(15-5-7-33(18)10-15)23(37)32-22-29-6-4-19(30-22)38-12-16(36)11-35/h1-4,6,8-9,15-16,35-36H,5,7,10-12H2,(H,29,30,32,37)/t15-,16-/m0/s1. The first-order chi connectivity index (χ1) is 18.1. The number of ether oxygens (including phenoxy) is 1. The van der Waals surface area contributed by atoms with Crippen molar-refractivity contribution in [2.45, 2.75) is 24.7 Å². The zero-order chi connectivity index (χ0) is 27.0. The van der Waals surface area contributed by atoms with Crippen LogP contribution in [0.5, 0.6) is 5.88 Å². The molecule has 0 spiro atoms. The Kier molecular flexibility index (Phi) is 6.99. The summed E-state index contributed by atoms with van der Waals surface area (Å²) < 4.78 is 45.2. The van der Waals surface area contributed by atoms with Crippen LogP contribution in [0, 0.1) is 0 Å². The van der Waals surface area contributed by atoms with Crippen LogP contribution in [0.15, 0.2) is 42.6 Å². The molecule has 10 nitrogen and oxygen atoms in total. The molecule has 1 fully saturated rings. The number of nitrogens with one attached hydrogen (secondary N) is 1. The van der Waals surface area contributed by atoms with Crippen molar-refractivity contribution in [1.29, 1.82) is 0 Å². The van der Waals surface area contributed by atoms with Crippen LogP contribution in [-0.2, 0) is 6.18 Å². The Morgan fingerprint density at radius 3 is 2.84 bits per heavy atom. The van der Waals surface area contributed by atoms with Crippen LogP contribution in [0.3, 0.4) is 0 Å². The number of hydrogen-bond acceptors (Lipinski definition) is 8. The molecule has 1 saturated heterocycles. The summed E-state index contributed by atoms with van der Waals surface area (Å²) >= 11 is 6.48. The van der Waals surface area contributed by atoms with Crippen LogP contribution < -0.4 is 19.9 Å². The van der Waals surface area contributed by atoms with Crippen LogP contribution in [0.25, 0.3) is 11.3 Å². The highest BCUT2D eigenvalue weighted by molar-refractivity contribution is 6.33. The number of alkyl halides is 3. The first-order valence-electron chi connectivity index (χ1n) is 11.6. The van der Waals surface area contributed by atoms with Gasteiger partial charge in [-0.05, 0) is 24.6 Å². The number of aromatic nitrogens is 3. The Morgan fingerprint density at radius 1 is 1.26 bits per heavy atom. The average Bonchev–Trinajstić information content (AvgIpc) is 3.31. The van der Waals surface area contributed by atoms with Gasteiger partial charge in [-0.15, -0.1) is 0 Å². The van der Waals surface area contributed by atoms with Gasteiger partial charge in [-0.2, -0.15) is 18.2 Å². The molecule has 5 rings (SSSR count). The van der Waals surface area contributed by atoms with Crippen LogP contribution in [0.2, 0.25) is 5.02 Å². The molecular formula is C24H22ClF3N6O4. The number of nitrogens with zero attached hydrogens (tertiary/aromatic N) is 5. The number of halogens is 4. The molecule has 2 bridgehead atoms. The van der Waals surface area contributed by atoms with Crippen molar-refractivity contribution in [2.75, 3.05) is 41.4 Å². The first-order valence-corrected chi connectivity index (χ1v) is 12.0. The number of amides is 2. The van der Waals surface area contributed by atoms with Crippen LogP contribution >= 0.6 is 11.6 Å². The van der Waals surface area contributed by atoms with Gasteiger partial charge in [0.15, 0.2) is 5.82 Å². The second kappa shape index (κ2) is 10.2. The highest BCUT2D eigenvalue weighted by Gasteiger charge is 2.41. The topological polar surface area (TPSA) is 124 Å². The Morgan fingerprint density at radius 2 is 2.08 bits per heavy atom. The molecule has 200 valence electrons. The SMILES string of the molecule is O=C(Nc1nccc(OC[C@@H](O)CO)n1)N1c2nc(-c3cccc(C(F)(F)F)c3)c(Cl)cc2N2CC[C@H]1C2. The molecule has 2 amide bonds. The maximum absolute atomic E-state index is 13.4. The predicted octanol–water partition coefficient (Wildman–Crippen LogP) is 3.57. The van der Waals surface area contributed by atoms with E-state index in [2.05, 4.69) is 20.3 Å². The molecule has 0 saturated carbocycles. The number of pyridine rings is 1. The zero-order valence-electron chi connectivity index (χ0n) is 19.7. The lowest BCUT2D eigenvalue weighted by atomic mass is 10.1. The molecule has 4 heterocycles. The van der Waals surface area contributed by atoms with E-state index in [9.17, 15) is 23.1 Å². The summed E-state index contributed by atoms with van der Waals surface area (Å²) in [5.74, 6) is 0.261. The minimum absolute atomic E-state index is 0.0694. The third kappa shape index (κ3) is 5.17. The van der Waals surface area contributed by atoms with Gasteiger partial charge >= 0.3 is 12.2 Å². The number of aliphatic hydroxyl groups excluding tert-OH is 2. The highest BCUT2D eigenvalue weighted by Crippen LogP contribution is 2.43. The fourth-order valence-electron chi connectivity index (χ4n) is 4.40. The minimum Gasteiger partial charge on any atom is -0.475 e. The number of benzene rings is 1. The zero-order valence-corrected chi connectivity index (χ0v) is 20.4. The third-order valence-corrected chi connectivity index (χ3v) is 6.49. The fourth-order valence-corrected chi connectivity index (χ4v) is 4.66. The van der Waals surface area contributed by atoms with E-state index in [1.807, 2.05) is 4.90 Å². The number of fused-ring (bicyclic) bond motifs is 4. The molecule has 3 N–H and O–H groups in total. The Bertz CT molecular complexity index is 1360. The fraction of sp³-hybridized carbons (Fsp3) is 0.333. The minimum atomic E-state index is -4.54. The second-order valence-electron chi connectivity index (χ2n) is 8.79. The normalized spacial score (nSPS) is 17.3. The molecule has 2 aliphatic heterocycles. The quantitative estimate of drug-likeness (QED) is 0.425. The lowest BCUT2D eigenvalue weighted by Gasteiger charge is -2.36. The summed E-state index contributed by atoms with van der Waals surface area (Å²) in [4.78, 5) is 29.6. The van der Waals surface area contributed by atoms with Crippen LogP contribution in [0.4, 0.5) is 35.4 Å². The highest BCUT2D eigenvalue weighted by atomic mass is 35.5. The Labute approximate surface area is 219 Å². The first kappa shape index (κ1) is 25.9. The van der Waals surface area contributed by atoms with E-state index >= 15 is 0 Å². The van der Waals surface area contributed by atoms with E-state index in [0.29, 0.717) is 25.2 Å². The lowest BCUT2D eigenvalue weighted by molar-refractivity contribution is -0.137. The molecule has 1 aromatic carbocycles. The molecule has 38 heavy (non-hydrogen) atoms. The van der Waals surface area contributed by atoms with Crippen molar-refractivity contribution in [3.8, 4) is 17.1 Å². The number of rotatable bonds is 6. The number of anilines is 3. The average molecular weight is 551 g/mol. The van der Waals surface area contributed by atoms with E-state index in [0.717, 1.165) is 12.1 Å². The Hall–Kier alpha value is -3.68. The number of carbonyl (C=O) groups is 1. The summed E-state index contributed by atoms with van der Waals surface area (Å²) in [6.07, 6.45) is -3.64. The summed E-state index contributed by atoms with van der Waals surface area (Å²) in [6, 6.07) is 6.89. The van der Waals surface area contributed by atoms with E-state index in [4.69, 9.17) is 21.4 Å². The molecule has 2 atom stereocenters. The lowest BCUT2D eigenvalue weighted by Crippen LogP contribution is -2.48. The summed E-state index contributed by atoms with van der Waals surface area (Å²) in [6.45, 7) is 0.488. The van der Waals surface area contributed by atoms with Gasteiger partial charge in [0.25, 0.3) is 0 Å². The molecule has 0 unspecified atom stereocenters. The number of hydrogen-bond donors (Lipinski definition) is 3. The van der Waals surface area contributed by atoms with E-state index in [1.165, 1.54) is 29.3 Å². The van der Waals surface area contributed by atoms with Crippen molar-refractivity contribution in [1.82, 2.24) is 15.0 Å². The molecular weight excluding hydrogens is 529 g/mol. The maximum atomic E-state index is 13.4. The summed E-state index contributed by atoms with van der Waals surface area (Å²) in [5.41, 5.74) is 0.0328. The largest absolute Gasteiger partial charge is 0.475 e. The van der Waals surface area contributed by atoms with Crippen molar-refractivity contribution < 1.29 is 32.9 Å². The van der Waals surface area contributed by atoms with Gasteiger partial charge < -0.3 is 19.8 Å². The van der Waals surface area contributed by atoms with Gasteiger partial charge in [-0.25, -0.2) is 14.8 Å².